The molecule has 1 rings (SSSR count). The Morgan fingerprint density at radius 1 is 1.50 bits per heavy atom. The molecule has 0 spiro atoms. The summed E-state index contributed by atoms with van der Waals surface area (Å²) < 4.78 is 43.2. The Morgan fingerprint density at radius 2 is 2.14 bits per heavy atom. The Morgan fingerprint density at radius 3 is 2.64 bits per heavy atom. The second kappa shape index (κ2) is 4.19. The van der Waals surface area contributed by atoms with E-state index in [0.717, 1.165) is 0 Å². The lowest BCUT2D eigenvalue weighted by molar-refractivity contribution is -0.203. The molecule has 0 aromatic heterocycles. The lowest BCUT2D eigenvalue weighted by atomic mass is 10.1. The first-order valence-corrected chi connectivity index (χ1v) is 4.14. The minimum atomic E-state index is -4.98. The third kappa shape index (κ3) is 3.20. The summed E-state index contributed by atoms with van der Waals surface area (Å²) in [5.74, 6) is 0. The standard InChI is InChI=1S/C9H8ClF3O/c10-7-3-1-2-6(4-7)5-8(14)9(11,12)13/h1-4,8,14H,5H2/i8D. The highest BCUT2D eigenvalue weighted by molar-refractivity contribution is 6.30. The van der Waals surface area contributed by atoms with Crippen LogP contribution in [0.15, 0.2) is 24.3 Å². The summed E-state index contributed by atoms with van der Waals surface area (Å²) >= 11 is 5.56. The maximum Gasteiger partial charge on any atom is 0.414 e. The number of aliphatic hydroxyl groups is 1. The Balaban J connectivity index is 2.87. The lowest BCUT2D eigenvalue weighted by Crippen LogP contribution is -2.30. The third-order valence-electron chi connectivity index (χ3n) is 1.59. The molecule has 0 aliphatic carbocycles. The average Bonchev–Trinajstić information content (AvgIpc) is 2.00. The van der Waals surface area contributed by atoms with Gasteiger partial charge in [-0.2, -0.15) is 13.2 Å². The molecule has 0 bridgehead atoms. The van der Waals surface area contributed by atoms with Gasteiger partial charge in [-0.05, 0) is 17.7 Å². The highest BCUT2D eigenvalue weighted by Crippen LogP contribution is 2.23. The van der Waals surface area contributed by atoms with Gasteiger partial charge in [-0.3, -0.25) is 0 Å². The van der Waals surface area contributed by atoms with Gasteiger partial charge >= 0.3 is 6.18 Å². The van der Waals surface area contributed by atoms with Gasteiger partial charge in [0, 0.05) is 11.4 Å². The molecule has 0 saturated carbocycles. The first kappa shape index (κ1) is 9.80. The van der Waals surface area contributed by atoms with Crippen molar-refractivity contribution in [3.63, 3.8) is 0 Å². The van der Waals surface area contributed by atoms with Crippen molar-refractivity contribution in [1.29, 1.82) is 0 Å². The molecule has 1 N–H and O–H groups in total. The molecule has 0 aliphatic rings. The third-order valence-corrected chi connectivity index (χ3v) is 1.82. The lowest BCUT2D eigenvalue weighted by Gasteiger charge is -2.14. The fraction of sp³-hybridized carbons (Fsp3) is 0.333. The highest BCUT2D eigenvalue weighted by Gasteiger charge is 2.37. The maximum atomic E-state index is 12.1. The summed E-state index contributed by atoms with van der Waals surface area (Å²) in [6.45, 7) is 0. The summed E-state index contributed by atoms with van der Waals surface area (Å²) in [4.78, 5) is 0. The number of hydrogen-bond acceptors (Lipinski definition) is 1. The molecule has 14 heavy (non-hydrogen) atoms. The van der Waals surface area contributed by atoms with E-state index in [1.807, 2.05) is 0 Å². The van der Waals surface area contributed by atoms with Gasteiger partial charge in [-0.15, -0.1) is 0 Å². The van der Waals surface area contributed by atoms with E-state index in [-0.39, 0.29) is 10.6 Å². The summed E-state index contributed by atoms with van der Waals surface area (Å²) in [5.41, 5.74) is 0.164. The Bertz CT molecular complexity index is 351. The Labute approximate surface area is 85.5 Å². The molecule has 0 fully saturated rings. The van der Waals surface area contributed by atoms with Crippen LogP contribution < -0.4 is 0 Å². The first-order chi connectivity index (χ1) is 6.72. The number of alkyl halides is 3. The second-order valence-corrected chi connectivity index (χ2v) is 3.19. The SMILES string of the molecule is [2H]C(O)(Cc1cccc(Cl)c1)C(F)(F)F. The summed E-state index contributed by atoms with van der Waals surface area (Å²) in [6, 6.07) is 5.62. The van der Waals surface area contributed by atoms with Gasteiger partial charge in [0.15, 0.2) is 6.08 Å². The molecule has 78 valence electrons. The fourth-order valence-corrected chi connectivity index (χ4v) is 1.15. The van der Waals surface area contributed by atoms with Crippen LogP contribution in [0.4, 0.5) is 13.2 Å². The predicted molar refractivity (Wildman–Crippen MR) is 47.2 cm³/mol. The zero-order valence-electron chi connectivity index (χ0n) is 7.98. The smallest absolute Gasteiger partial charge is 0.383 e. The normalized spacial score (nSPS) is 17.4. The van der Waals surface area contributed by atoms with Crippen molar-refractivity contribution in [1.82, 2.24) is 0 Å². The average molecular weight is 226 g/mol. The van der Waals surface area contributed by atoms with Crippen molar-refractivity contribution < 1.29 is 19.6 Å². The molecule has 0 heterocycles. The number of halogens is 4. The minimum Gasteiger partial charge on any atom is -0.383 e. The molecule has 1 nitrogen and oxygen atoms in total. The van der Waals surface area contributed by atoms with Crippen LogP contribution in [0.2, 0.25) is 5.02 Å². The van der Waals surface area contributed by atoms with Gasteiger partial charge in [0.25, 0.3) is 0 Å². The Hall–Kier alpha value is -0.740. The van der Waals surface area contributed by atoms with E-state index in [1.165, 1.54) is 24.3 Å². The number of rotatable bonds is 2. The summed E-state index contributed by atoms with van der Waals surface area (Å²) in [6.07, 6.45) is -9.29. The van der Waals surface area contributed by atoms with Crippen molar-refractivity contribution in [2.75, 3.05) is 0 Å². The van der Waals surface area contributed by atoms with Crippen LogP contribution in [-0.4, -0.2) is 17.4 Å². The van der Waals surface area contributed by atoms with Gasteiger partial charge in [0.1, 0.15) is 0 Å². The molecule has 1 unspecified atom stereocenters. The quantitative estimate of drug-likeness (QED) is 0.821. The molecule has 0 radical (unpaired) electrons. The van der Waals surface area contributed by atoms with E-state index in [0.29, 0.717) is 0 Å². The molecule has 0 aliphatic heterocycles. The zero-order valence-corrected chi connectivity index (χ0v) is 7.73. The zero-order chi connectivity index (χ0) is 11.7. The van der Waals surface area contributed by atoms with Gasteiger partial charge < -0.3 is 5.11 Å². The van der Waals surface area contributed by atoms with E-state index in [2.05, 4.69) is 0 Å². The van der Waals surface area contributed by atoms with Crippen LogP contribution in [-0.2, 0) is 6.42 Å². The van der Waals surface area contributed by atoms with Crippen LogP contribution in [0.1, 0.15) is 6.93 Å². The van der Waals surface area contributed by atoms with Crippen molar-refractivity contribution >= 4 is 11.6 Å². The Kier molecular flexibility index (Phi) is 2.93. The topological polar surface area (TPSA) is 20.2 Å². The van der Waals surface area contributed by atoms with Crippen LogP contribution in [0.3, 0.4) is 0 Å². The largest absolute Gasteiger partial charge is 0.414 e. The fourth-order valence-electron chi connectivity index (χ4n) is 0.940. The molecule has 1 atom stereocenters. The second-order valence-electron chi connectivity index (χ2n) is 2.75. The van der Waals surface area contributed by atoms with E-state index in [1.54, 1.807) is 0 Å². The van der Waals surface area contributed by atoms with Crippen LogP contribution in [0.25, 0.3) is 0 Å². The summed E-state index contributed by atoms with van der Waals surface area (Å²) in [7, 11) is 0. The molecular formula is C9H8ClF3O. The van der Waals surface area contributed by atoms with Gasteiger partial charge in [-0.25, -0.2) is 0 Å². The van der Waals surface area contributed by atoms with Crippen molar-refractivity contribution in [2.24, 2.45) is 0 Å². The van der Waals surface area contributed by atoms with Gasteiger partial charge in [0.2, 0.25) is 0 Å². The monoisotopic (exact) mass is 225 g/mol. The van der Waals surface area contributed by atoms with E-state index < -0.39 is 18.7 Å². The predicted octanol–water partition coefficient (Wildman–Crippen LogP) is 2.81. The molecule has 0 saturated heterocycles. The van der Waals surface area contributed by atoms with E-state index >= 15 is 0 Å². The number of benzene rings is 1. The first-order valence-electron chi connectivity index (χ1n) is 4.26. The molecular weight excluding hydrogens is 217 g/mol. The number of hydrogen-bond donors (Lipinski definition) is 1. The highest BCUT2D eigenvalue weighted by atomic mass is 35.5. The van der Waals surface area contributed by atoms with Crippen LogP contribution in [0, 0.1) is 0 Å². The van der Waals surface area contributed by atoms with Crippen molar-refractivity contribution in [3.8, 4) is 0 Å². The molecule has 5 heteroatoms. The molecule has 0 amide bonds. The molecule has 1 aromatic carbocycles. The van der Waals surface area contributed by atoms with E-state index in [9.17, 15) is 13.2 Å². The van der Waals surface area contributed by atoms with Crippen LogP contribution >= 0.6 is 11.6 Å². The van der Waals surface area contributed by atoms with Crippen LogP contribution in [0.5, 0.6) is 0 Å². The molecule has 1 aromatic rings. The van der Waals surface area contributed by atoms with Crippen molar-refractivity contribution in [3.05, 3.63) is 34.9 Å². The maximum absolute atomic E-state index is 12.1. The van der Waals surface area contributed by atoms with Gasteiger partial charge in [-0.1, -0.05) is 23.7 Å². The summed E-state index contributed by atoms with van der Waals surface area (Å²) in [5, 5.41) is 9.16. The van der Waals surface area contributed by atoms with Gasteiger partial charge in [0.05, 0.1) is 1.37 Å². The minimum absolute atomic E-state index is 0.164. The van der Waals surface area contributed by atoms with E-state index in [4.69, 9.17) is 18.1 Å². The van der Waals surface area contributed by atoms with Crippen molar-refractivity contribution in [2.45, 2.75) is 18.7 Å².